The van der Waals surface area contributed by atoms with Gasteiger partial charge in [0.25, 0.3) is 5.91 Å². The van der Waals surface area contributed by atoms with Crippen molar-refractivity contribution in [3.05, 3.63) is 63.2 Å². The number of anilines is 1. The van der Waals surface area contributed by atoms with Crippen LogP contribution in [0.25, 0.3) is 0 Å². The summed E-state index contributed by atoms with van der Waals surface area (Å²) in [5, 5.41) is 2.86. The lowest BCUT2D eigenvalue weighted by Crippen LogP contribution is -2.50. The SMILES string of the molecule is CC(=O)NC1Cc2ccccc2N(C(=O)c2c(C)cc(C)oc2=O)C1. The normalized spacial score (nSPS) is 16.3. The third-order valence-corrected chi connectivity index (χ3v) is 4.29. The lowest BCUT2D eigenvalue weighted by Gasteiger charge is -2.35. The van der Waals surface area contributed by atoms with E-state index in [-0.39, 0.29) is 17.5 Å². The van der Waals surface area contributed by atoms with Crippen LogP contribution in [0.15, 0.2) is 39.5 Å². The minimum atomic E-state index is -0.637. The summed E-state index contributed by atoms with van der Waals surface area (Å²) in [6, 6.07) is 8.99. The predicted molar refractivity (Wildman–Crippen MR) is 93.9 cm³/mol. The van der Waals surface area contributed by atoms with E-state index >= 15 is 0 Å². The van der Waals surface area contributed by atoms with E-state index in [1.54, 1.807) is 24.8 Å². The third-order valence-electron chi connectivity index (χ3n) is 4.29. The van der Waals surface area contributed by atoms with Crippen molar-refractivity contribution in [1.29, 1.82) is 0 Å². The van der Waals surface area contributed by atoms with Crippen LogP contribution in [0, 0.1) is 13.8 Å². The molecule has 6 nitrogen and oxygen atoms in total. The highest BCUT2D eigenvalue weighted by atomic mass is 16.4. The average molecular weight is 340 g/mol. The molecule has 6 heteroatoms. The first-order valence-electron chi connectivity index (χ1n) is 8.15. The van der Waals surface area contributed by atoms with Gasteiger partial charge in [-0.2, -0.15) is 0 Å². The number of benzene rings is 1. The molecule has 1 unspecified atom stereocenters. The number of carbonyl (C=O) groups excluding carboxylic acids is 2. The van der Waals surface area contributed by atoms with E-state index in [9.17, 15) is 14.4 Å². The Hall–Kier alpha value is -2.89. The van der Waals surface area contributed by atoms with E-state index in [1.807, 2.05) is 24.3 Å². The predicted octanol–water partition coefficient (Wildman–Crippen LogP) is 1.96. The molecule has 3 rings (SSSR count). The number of fused-ring (bicyclic) bond motifs is 1. The lowest BCUT2D eigenvalue weighted by atomic mass is 9.96. The molecule has 25 heavy (non-hydrogen) atoms. The first kappa shape index (κ1) is 17.0. The maximum atomic E-state index is 13.1. The van der Waals surface area contributed by atoms with Crippen LogP contribution >= 0.6 is 0 Å². The second kappa shape index (κ2) is 6.55. The molecule has 0 saturated heterocycles. The van der Waals surface area contributed by atoms with E-state index in [0.29, 0.717) is 24.3 Å². The van der Waals surface area contributed by atoms with Crippen molar-refractivity contribution < 1.29 is 14.0 Å². The molecule has 130 valence electrons. The molecule has 1 atom stereocenters. The van der Waals surface area contributed by atoms with Crippen molar-refractivity contribution in [2.24, 2.45) is 0 Å². The summed E-state index contributed by atoms with van der Waals surface area (Å²) in [7, 11) is 0. The van der Waals surface area contributed by atoms with Gasteiger partial charge in [0.1, 0.15) is 11.3 Å². The minimum absolute atomic E-state index is 0.0314. The van der Waals surface area contributed by atoms with Gasteiger partial charge >= 0.3 is 5.63 Å². The summed E-state index contributed by atoms with van der Waals surface area (Å²) in [6.07, 6.45) is 0.640. The molecule has 2 amide bonds. The molecular formula is C19H20N2O4. The van der Waals surface area contributed by atoms with E-state index in [1.165, 1.54) is 6.92 Å². The van der Waals surface area contributed by atoms with Crippen LogP contribution in [0.3, 0.4) is 0 Å². The number of nitrogens with zero attached hydrogens (tertiary/aromatic N) is 1. The Bertz CT molecular complexity index is 901. The van der Waals surface area contributed by atoms with Gasteiger partial charge in [-0.15, -0.1) is 0 Å². The number of aryl methyl sites for hydroxylation is 2. The van der Waals surface area contributed by atoms with Crippen molar-refractivity contribution >= 4 is 17.5 Å². The number of amides is 2. The molecule has 1 aliphatic heterocycles. The molecule has 0 fully saturated rings. The Morgan fingerprint density at radius 3 is 2.64 bits per heavy atom. The van der Waals surface area contributed by atoms with Gasteiger partial charge in [-0.3, -0.25) is 9.59 Å². The first-order valence-corrected chi connectivity index (χ1v) is 8.15. The van der Waals surface area contributed by atoms with E-state index in [4.69, 9.17) is 4.42 Å². The maximum absolute atomic E-state index is 13.1. The van der Waals surface area contributed by atoms with Gasteiger partial charge in [-0.1, -0.05) is 18.2 Å². The van der Waals surface area contributed by atoms with Crippen LogP contribution in [0.5, 0.6) is 0 Å². The fraction of sp³-hybridized carbons (Fsp3) is 0.316. The van der Waals surface area contributed by atoms with Crippen LogP contribution in [-0.2, 0) is 11.2 Å². The van der Waals surface area contributed by atoms with Gasteiger partial charge in [0.2, 0.25) is 5.91 Å². The molecule has 1 aromatic carbocycles. The van der Waals surface area contributed by atoms with Crippen molar-refractivity contribution in [3.63, 3.8) is 0 Å². The second-order valence-electron chi connectivity index (χ2n) is 6.35. The largest absolute Gasteiger partial charge is 0.428 e. The summed E-state index contributed by atoms with van der Waals surface area (Å²) >= 11 is 0. The Kier molecular flexibility index (Phi) is 4.44. The lowest BCUT2D eigenvalue weighted by molar-refractivity contribution is -0.119. The molecule has 0 aliphatic carbocycles. The number of hydrogen-bond donors (Lipinski definition) is 1. The summed E-state index contributed by atoms with van der Waals surface area (Å²) < 4.78 is 5.11. The minimum Gasteiger partial charge on any atom is -0.428 e. The fourth-order valence-electron chi connectivity index (χ4n) is 3.33. The maximum Gasteiger partial charge on any atom is 0.349 e. The highest BCUT2D eigenvalue weighted by Crippen LogP contribution is 2.28. The Morgan fingerprint density at radius 1 is 1.24 bits per heavy atom. The Balaban J connectivity index is 2.04. The fourth-order valence-corrected chi connectivity index (χ4v) is 3.33. The van der Waals surface area contributed by atoms with Crippen LogP contribution < -0.4 is 15.8 Å². The van der Waals surface area contributed by atoms with Crippen molar-refractivity contribution in [3.8, 4) is 0 Å². The van der Waals surface area contributed by atoms with Gasteiger partial charge in [-0.25, -0.2) is 4.79 Å². The molecule has 0 radical (unpaired) electrons. The van der Waals surface area contributed by atoms with Crippen LogP contribution in [-0.4, -0.2) is 24.4 Å². The zero-order valence-electron chi connectivity index (χ0n) is 14.5. The molecular weight excluding hydrogens is 320 g/mol. The Labute approximate surface area is 145 Å². The van der Waals surface area contributed by atoms with Gasteiger partial charge < -0.3 is 14.6 Å². The van der Waals surface area contributed by atoms with E-state index < -0.39 is 11.5 Å². The van der Waals surface area contributed by atoms with Crippen LogP contribution in [0.2, 0.25) is 0 Å². The average Bonchev–Trinajstić information content (AvgIpc) is 2.52. The number of nitrogens with one attached hydrogen (secondary N) is 1. The highest BCUT2D eigenvalue weighted by Gasteiger charge is 2.31. The van der Waals surface area contributed by atoms with Crippen LogP contribution in [0.1, 0.15) is 34.2 Å². The summed E-state index contributed by atoms with van der Waals surface area (Å²) in [5.74, 6) is -0.0919. The highest BCUT2D eigenvalue weighted by molar-refractivity contribution is 6.07. The zero-order chi connectivity index (χ0) is 18.1. The van der Waals surface area contributed by atoms with Gasteiger partial charge in [0.15, 0.2) is 0 Å². The molecule has 1 aliphatic rings. The standard InChI is InChI=1S/C19H20N2O4/c1-11-8-12(2)25-19(24)17(11)18(23)21-10-15(20-13(3)22)9-14-6-4-5-7-16(14)21/h4-8,15H,9-10H2,1-3H3,(H,20,22). The molecule has 2 heterocycles. The van der Waals surface area contributed by atoms with E-state index in [0.717, 1.165) is 11.3 Å². The third kappa shape index (κ3) is 3.33. The number of para-hydroxylation sites is 1. The molecule has 2 aromatic rings. The molecule has 0 bridgehead atoms. The van der Waals surface area contributed by atoms with Crippen molar-refractivity contribution in [2.75, 3.05) is 11.4 Å². The molecule has 0 saturated carbocycles. The second-order valence-corrected chi connectivity index (χ2v) is 6.35. The molecule has 1 aromatic heterocycles. The monoisotopic (exact) mass is 340 g/mol. The smallest absolute Gasteiger partial charge is 0.349 e. The number of rotatable bonds is 2. The number of carbonyl (C=O) groups is 2. The quantitative estimate of drug-likeness (QED) is 0.906. The first-order chi connectivity index (χ1) is 11.9. The van der Waals surface area contributed by atoms with Gasteiger partial charge in [-0.05, 0) is 43.5 Å². The van der Waals surface area contributed by atoms with Gasteiger partial charge in [0.05, 0.1) is 6.04 Å². The van der Waals surface area contributed by atoms with Gasteiger partial charge in [0, 0.05) is 19.2 Å². The summed E-state index contributed by atoms with van der Waals surface area (Å²) in [5.41, 5.74) is 1.69. The summed E-state index contributed by atoms with van der Waals surface area (Å²) in [6.45, 7) is 5.15. The van der Waals surface area contributed by atoms with Crippen molar-refractivity contribution in [2.45, 2.75) is 33.2 Å². The zero-order valence-corrected chi connectivity index (χ0v) is 14.5. The summed E-state index contributed by atoms with van der Waals surface area (Å²) in [4.78, 5) is 38.3. The topological polar surface area (TPSA) is 79.6 Å². The van der Waals surface area contributed by atoms with Crippen molar-refractivity contribution in [1.82, 2.24) is 5.32 Å². The van der Waals surface area contributed by atoms with Crippen LogP contribution in [0.4, 0.5) is 5.69 Å². The molecule has 0 spiro atoms. The van der Waals surface area contributed by atoms with E-state index in [2.05, 4.69) is 5.32 Å². The molecule has 1 N–H and O–H groups in total. The Morgan fingerprint density at radius 2 is 1.96 bits per heavy atom. The number of hydrogen-bond acceptors (Lipinski definition) is 4.